The van der Waals surface area contributed by atoms with Crippen LogP contribution in [0.1, 0.15) is 22.3 Å². The normalized spacial score (nSPS) is 11.9. The Morgan fingerprint density at radius 2 is 2.06 bits per heavy atom. The largest absolute Gasteiger partial charge is 0.465 e. The van der Waals surface area contributed by atoms with Crippen LogP contribution in [0.15, 0.2) is 24.3 Å². The second kappa shape index (κ2) is 6.28. The lowest BCUT2D eigenvalue weighted by molar-refractivity contribution is -0.107. The highest BCUT2D eigenvalue weighted by Gasteiger charge is 2.06. The van der Waals surface area contributed by atoms with Gasteiger partial charge in [0.15, 0.2) is 0 Å². The van der Waals surface area contributed by atoms with Crippen molar-refractivity contribution in [3.63, 3.8) is 0 Å². The first-order valence-corrected chi connectivity index (χ1v) is 5.37. The topological polar surface area (TPSA) is 43.4 Å². The van der Waals surface area contributed by atoms with E-state index in [4.69, 9.17) is 11.6 Å². The average molecular weight is 241 g/mol. The quantitative estimate of drug-likeness (QED) is 0.450. The van der Waals surface area contributed by atoms with Gasteiger partial charge in [0.05, 0.1) is 18.1 Å². The zero-order chi connectivity index (χ0) is 12.0. The molecule has 4 heteroatoms. The Bertz CT molecular complexity index is 359. The van der Waals surface area contributed by atoms with Gasteiger partial charge in [-0.3, -0.25) is 0 Å². The molecule has 0 heterocycles. The number of hydrogen-bond acceptors (Lipinski definition) is 3. The first kappa shape index (κ1) is 12.7. The van der Waals surface area contributed by atoms with Crippen LogP contribution in [0.25, 0.3) is 0 Å². The van der Waals surface area contributed by atoms with Crippen molar-refractivity contribution in [2.75, 3.05) is 7.11 Å². The summed E-state index contributed by atoms with van der Waals surface area (Å²) in [5.41, 5.74) is 1.56. The Kier molecular flexibility index (Phi) is 4.99. The number of hydrogen-bond donors (Lipinski definition) is 0. The van der Waals surface area contributed by atoms with Gasteiger partial charge in [0, 0.05) is 0 Å². The van der Waals surface area contributed by atoms with Gasteiger partial charge < -0.3 is 9.53 Å². The van der Waals surface area contributed by atoms with Crippen molar-refractivity contribution < 1.29 is 14.3 Å². The fraction of sp³-hybridized carbons (Fsp3) is 0.333. The molecule has 86 valence electrons. The highest BCUT2D eigenvalue weighted by atomic mass is 35.5. The molecule has 1 atom stereocenters. The maximum absolute atomic E-state index is 11.1. The number of esters is 1. The number of alkyl halides is 1. The van der Waals surface area contributed by atoms with E-state index in [9.17, 15) is 9.59 Å². The Morgan fingerprint density at radius 1 is 1.44 bits per heavy atom. The van der Waals surface area contributed by atoms with Gasteiger partial charge in [-0.2, -0.15) is 0 Å². The highest BCUT2D eigenvalue weighted by molar-refractivity contribution is 6.27. The molecule has 1 aromatic carbocycles. The number of ether oxygens (including phenoxy) is 1. The maximum atomic E-state index is 11.1. The molecule has 1 unspecified atom stereocenters. The van der Waals surface area contributed by atoms with Gasteiger partial charge in [-0.05, 0) is 30.5 Å². The number of halogens is 1. The van der Waals surface area contributed by atoms with E-state index in [0.29, 0.717) is 18.4 Å². The molecule has 0 aliphatic carbocycles. The number of benzene rings is 1. The molecule has 0 saturated heterocycles. The molecule has 0 aliphatic rings. The second-order valence-electron chi connectivity index (χ2n) is 3.38. The van der Waals surface area contributed by atoms with Crippen molar-refractivity contribution >= 4 is 23.9 Å². The summed E-state index contributed by atoms with van der Waals surface area (Å²) in [5.74, 6) is -0.352. The molecule has 1 aromatic rings. The number of aldehydes is 1. The molecule has 0 radical (unpaired) electrons. The van der Waals surface area contributed by atoms with Crippen LogP contribution in [0, 0.1) is 0 Å². The monoisotopic (exact) mass is 240 g/mol. The predicted octanol–water partition coefficient (Wildman–Crippen LogP) is 2.21. The Morgan fingerprint density at radius 3 is 2.56 bits per heavy atom. The zero-order valence-electron chi connectivity index (χ0n) is 8.98. The van der Waals surface area contributed by atoms with E-state index in [2.05, 4.69) is 4.74 Å². The van der Waals surface area contributed by atoms with Gasteiger partial charge in [0.1, 0.15) is 6.29 Å². The van der Waals surface area contributed by atoms with E-state index in [1.165, 1.54) is 7.11 Å². The summed E-state index contributed by atoms with van der Waals surface area (Å²) in [6, 6.07) is 7.07. The van der Waals surface area contributed by atoms with E-state index >= 15 is 0 Å². The zero-order valence-corrected chi connectivity index (χ0v) is 9.74. The smallest absolute Gasteiger partial charge is 0.337 e. The molecule has 0 aromatic heterocycles. The van der Waals surface area contributed by atoms with Crippen molar-refractivity contribution in [3.8, 4) is 0 Å². The summed E-state index contributed by atoms with van der Waals surface area (Å²) in [6.07, 6.45) is 2.04. The summed E-state index contributed by atoms with van der Waals surface area (Å²) in [5, 5.41) is -0.444. The van der Waals surface area contributed by atoms with E-state index in [1.54, 1.807) is 12.1 Å². The minimum atomic E-state index is -0.444. The van der Waals surface area contributed by atoms with E-state index in [1.807, 2.05) is 12.1 Å². The van der Waals surface area contributed by atoms with Crippen molar-refractivity contribution in [2.24, 2.45) is 0 Å². The van der Waals surface area contributed by atoms with E-state index in [-0.39, 0.29) is 5.97 Å². The van der Waals surface area contributed by atoms with Crippen molar-refractivity contribution in [2.45, 2.75) is 18.2 Å². The molecule has 1 rings (SSSR count). The van der Waals surface area contributed by atoms with Gasteiger partial charge in [0.2, 0.25) is 0 Å². The Hall–Kier alpha value is -1.35. The molecule has 0 bridgehead atoms. The Labute approximate surface area is 99.4 Å². The molecule has 0 N–H and O–H groups in total. The van der Waals surface area contributed by atoms with Gasteiger partial charge in [-0.15, -0.1) is 11.6 Å². The van der Waals surface area contributed by atoms with Crippen LogP contribution >= 0.6 is 11.6 Å². The number of rotatable bonds is 5. The van der Waals surface area contributed by atoms with Gasteiger partial charge in [-0.1, -0.05) is 12.1 Å². The number of carbonyl (C=O) groups is 2. The lowest BCUT2D eigenvalue weighted by atomic mass is 10.1. The fourth-order valence-electron chi connectivity index (χ4n) is 1.30. The van der Waals surface area contributed by atoms with Crippen LogP contribution in [-0.2, 0) is 16.0 Å². The number of aryl methyl sites for hydroxylation is 1. The molecule has 3 nitrogen and oxygen atoms in total. The molecule has 0 fully saturated rings. The van der Waals surface area contributed by atoms with Gasteiger partial charge >= 0.3 is 5.97 Å². The molecule has 0 amide bonds. The van der Waals surface area contributed by atoms with Gasteiger partial charge in [-0.25, -0.2) is 4.79 Å². The number of carbonyl (C=O) groups excluding carboxylic acids is 2. The minimum absolute atomic E-state index is 0.352. The van der Waals surface area contributed by atoms with Crippen molar-refractivity contribution in [1.29, 1.82) is 0 Å². The summed E-state index contributed by atoms with van der Waals surface area (Å²) in [4.78, 5) is 21.5. The summed E-state index contributed by atoms with van der Waals surface area (Å²) >= 11 is 5.68. The van der Waals surface area contributed by atoms with Crippen molar-refractivity contribution in [1.82, 2.24) is 0 Å². The third kappa shape index (κ3) is 3.66. The van der Waals surface area contributed by atoms with Crippen LogP contribution in [0.2, 0.25) is 0 Å². The highest BCUT2D eigenvalue weighted by Crippen LogP contribution is 2.10. The molecule has 0 aliphatic heterocycles. The first-order valence-electron chi connectivity index (χ1n) is 4.94. The van der Waals surface area contributed by atoms with Crippen LogP contribution in [0.3, 0.4) is 0 Å². The SMILES string of the molecule is COC(=O)c1ccc(CCC(Cl)C=O)cc1. The molecule has 0 spiro atoms. The van der Waals surface area contributed by atoms with Gasteiger partial charge in [0.25, 0.3) is 0 Å². The molecule has 0 saturated carbocycles. The van der Waals surface area contributed by atoms with E-state index in [0.717, 1.165) is 11.8 Å². The van der Waals surface area contributed by atoms with Crippen molar-refractivity contribution in [3.05, 3.63) is 35.4 Å². The lowest BCUT2D eigenvalue weighted by Crippen LogP contribution is -2.03. The average Bonchev–Trinajstić information content (AvgIpc) is 2.35. The summed E-state index contributed by atoms with van der Waals surface area (Å²) < 4.78 is 4.59. The standard InChI is InChI=1S/C12H13ClO3/c1-16-12(15)10-5-2-9(3-6-10)4-7-11(13)8-14/h2-3,5-6,8,11H,4,7H2,1H3. The second-order valence-corrected chi connectivity index (χ2v) is 3.94. The minimum Gasteiger partial charge on any atom is -0.465 e. The maximum Gasteiger partial charge on any atom is 0.337 e. The third-order valence-corrected chi connectivity index (χ3v) is 2.55. The molecule has 16 heavy (non-hydrogen) atoms. The van der Waals surface area contributed by atoms with E-state index < -0.39 is 5.38 Å². The third-order valence-electron chi connectivity index (χ3n) is 2.23. The molecular formula is C12H13ClO3. The van der Waals surface area contributed by atoms with Crippen LogP contribution in [0.5, 0.6) is 0 Å². The lowest BCUT2D eigenvalue weighted by Gasteiger charge is -2.03. The summed E-state index contributed by atoms with van der Waals surface area (Å²) in [6.45, 7) is 0. The van der Waals surface area contributed by atoms with Crippen LogP contribution in [0.4, 0.5) is 0 Å². The van der Waals surface area contributed by atoms with Crippen LogP contribution < -0.4 is 0 Å². The summed E-state index contributed by atoms with van der Waals surface area (Å²) in [7, 11) is 1.35. The predicted molar refractivity (Wildman–Crippen MR) is 61.8 cm³/mol. The number of methoxy groups -OCH3 is 1. The van der Waals surface area contributed by atoms with Crippen LogP contribution in [-0.4, -0.2) is 24.7 Å². The fourth-order valence-corrected chi connectivity index (χ4v) is 1.41. The Balaban J connectivity index is 2.58. The molecular weight excluding hydrogens is 228 g/mol. The first-order chi connectivity index (χ1) is 7.67.